The van der Waals surface area contributed by atoms with Crippen molar-refractivity contribution in [2.75, 3.05) is 5.32 Å². The Kier molecular flexibility index (Phi) is 6.39. The highest BCUT2D eigenvalue weighted by molar-refractivity contribution is 9.10. The molecule has 0 bridgehead atoms. The van der Waals surface area contributed by atoms with Crippen LogP contribution in [0.2, 0.25) is 0 Å². The standard InChI is InChI=1S/C14H19BrF2N2O/c1-4-9(5-2)19-14(20)8(3)18-13-7-11(16)10(15)6-12(13)17/h6-9,18H,4-5H2,1-3H3,(H,19,20). The normalized spacial score (nSPS) is 12.3. The molecule has 0 radical (unpaired) electrons. The predicted octanol–water partition coefficient (Wildman–Crippen LogP) is 3.83. The van der Waals surface area contributed by atoms with Crippen LogP contribution in [0.4, 0.5) is 14.5 Å². The summed E-state index contributed by atoms with van der Waals surface area (Å²) in [5, 5.41) is 5.54. The third-order valence-corrected chi connectivity index (χ3v) is 3.71. The lowest BCUT2D eigenvalue weighted by Gasteiger charge is -2.20. The molecule has 20 heavy (non-hydrogen) atoms. The summed E-state index contributed by atoms with van der Waals surface area (Å²) in [5.41, 5.74) is -0.0297. The first kappa shape index (κ1) is 16.9. The van der Waals surface area contributed by atoms with Crippen LogP contribution in [0.5, 0.6) is 0 Å². The minimum absolute atomic E-state index is 0.0297. The maximum absolute atomic E-state index is 13.7. The van der Waals surface area contributed by atoms with Gasteiger partial charge < -0.3 is 10.6 Å². The first-order valence-electron chi connectivity index (χ1n) is 6.60. The Labute approximate surface area is 126 Å². The van der Waals surface area contributed by atoms with Gasteiger partial charge >= 0.3 is 0 Å². The molecule has 112 valence electrons. The van der Waals surface area contributed by atoms with Crippen molar-refractivity contribution < 1.29 is 13.6 Å². The van der Waals surface area contributed by atoms with E-state index in [9.17, 15) is 13.6 Å². The Morgan fingerprint density at radius 2 is 1.85 bits per heavy atom. The van der Waals surface area contributed by atoms with Crippen molar-refractivity contribution in [1.82, 2.24) is 5.32 Å². The molecule has 2 N–H and O–H groups in total. The Balaban J connectivity index is 2.73. The number of hydrogen-bond acceptors (Lipinski definition) is 2. The lowest BCUT2D eigenvalue weighted by Crippen LogP contribution is -2.42. The van der Waals surface area contributed by atoms with Gasteiger partial charge in [-0.25, -0.2) is 8.78 Å². The first-order valence-corrected chi connectivity index (χ1v) is 7.39. The Hall–Kier alpha value is -1.17. The molecule has 3 nitrogen and oxygen atoms in total. The Morgan fingerprint density at radius 3 is 2.40 bits per heavy atom. The van der Waals surface area contributed by atoms with E-state index < -0.39 is 17.7 Å². The van der Waals surface area contributed by atoms with Gasteiger partial charge in [0.2, 0.25) is 5.91 Å². The molecule has 0 heterocycles. The number of anilines is 1. The van der Waals surface area contributed by atoms with E-state index in [1.54, 1.807) is 6.92 Å². The topological polar surface area (TPSA) is 41.1 Å². The molecule has 1 unspecified atom stereocenters. The summed E-state index contributed by atoms with van der Waals surface area (Å²) in [6.07, 6.45) is 1.66. The fraction of sp³-hybridized carbons (Fsp3) is 0.500. The summed E-state index contributed by atoms with van der Waals surface area (Å²) < 4.78 is 27.1. The summed E-state index contributed by atoms with van der Waals surface area (Å²) in [5.74, 6) is -1.43. The number of carbonyl (C=O) groups excluding carboxylic acids is 1. The largest absolute Gasteiger partial charge is 0.371 e. The predicted molar refractivity (Wildman–Crippen MR) is 79.7 cm³/mol. The minimum atomic E-state index is -0.648. The zero-order valence-corrected chi connectivity index (χ0v) is 13.4. The van der Waals surface area contributed by atoms with Gasteiger partial charge in [-0.1, -0.05) is 13.8 Å². The molecule has 1 aromatic carbocycles. The summed E-state index contributed by atoms with van der Waals surface area (Å²) in [6.45, 7) is 5.57. The molecule has 6 heteroatoms. The monoisotopic (exact) mass is 348 g/mol. The van der Waals surface area contributed by atoms with Crippen LogP contribution in [0.1, 0.15) is 33.6 Å². The third kappa shape index (κ3) is 4.44. The molecule has 0 aromatic heterocycles. The van der Waals surface area contributed by atoms with Gasteiger partial charge in [0.15, 0.2) is 0 Å². The number of carbonyl (C=O) groups is 1. The highest BCUT2D eigenvalue weighted by Gasteiger charge is 2.18. The number of nitrogens with one attached hydrogen (secondary N) is 2. The van der Waals surface area contributed by atoms with Gasteiger partial charge in [-0.2, -0.15) is 0 Å². The highest BCUT2D eigenvalue weighted by atomic mass is 79.9. The van der Waals surface area contributed by atoms with E-state index in [1.165, 1.54) is 0 Å². The number of hydrogen-bond donors (Lipinski definition) is 2. The molecule has 0 fully saturated rings. The average molecular weight is 349 g/mol. The van der Waals surface area contributed by atoms with Crippen LogP contribution in [0, 0.1) is 11.6 Å². The first-order chi connectivity index (χ1) is 9.38. The average Bonchev–Trinajstić information content (AvgIpc) is 2.41. The molecule has 0 saturated heterocycles. The van der Waals surface area contributed by atoms with Gasteiger partial charge in [-0.15, -0.1) is 0 Å². The zero-order chi connectivity index (χ0) is 15.3. The summed E-state index contributed by atoms with van der Waals surface area (Å²) in [4.78, 5) is 11.9. The van der Waals surface area contributed by atoms with Crippen molar-refractivity contribution in [2.45, 2.75) is 45.7 Å². The number of benzene rings is 1. The number of amides is 1. The molecule has 0 aliphatic heterocycles. The van der Waals surface area contributed by atoms with Crippen LogP contribution in [0.15, 0.2) is 16.6 Å². The van der Waals surface area contributed by atoms with Crippen LogP contribution in [-0.2, 0) is 4.79 Å². The van der Waals surface area contributed by atoms with E-state index in [4.69, 9.17) is 0 Å². The lowest BCUT2D eigenvalue weighted by molar-refractivity contribution is -0.122. The second-order valence-corrected chi connectivity index (χ2v) is 5.49. The Bertz CT molecular complexity index is 478. The minimum Gasteiger partial charge on any atom is -0.371 e. The maximum atomic E-state index is 13.7. The van der Waals surface area contributed by atoms with Crippen molar-refractivity contribution in [3.05, 3.63) is 28.2 Å². The highest BCUT2D eigenvalue weighted by Crippen LogP contribution is 2.23. The van der Waals surface area contributed by atoms with Gasteiger partial charge in [-0.3, -0.25) is 4.79 Å². The van der Waals surface area contributed by atoms with Crippen LogP contribution < -0.4 is 10.6 Å². The van der Waals surface area contributed by atoms with E-state index in [1.807, 2.05) is 13.8 Å². The number of halogens is 3. The Morgan fingerprint density at radius 1 is 1.25 bits per heavy atom. The molecule has 0 aliphatic carbocycles. The summed E-state index contributed by atoms with van der Waals surface area (Å²) in [7, 11) is 0. The van der Waals surface area contributed by atoms with Gasteiger partial charge in [0.1, 0.15) is 17.7 Å². The summed E-state index contributed by atoms with van der Waals surface area (Å²) >= 11 is 2.90. The molecule has 1 atom stereocenters. The molecule has 0 spiro atoms. The zero-order valence-electron chi connectivity index (χ0n) is 11.8. The smallest absolute Gasteiger partial charge is 0.242 e. The second kappa shape index (κ2) is 7.57. The van der Waals surface area contributed by atoms with Crippen LogP contribution in [0.3, 0.4) is 0 Å². The van der Waals surface area contributed by atoms with Gasteiger partial charge in [0.25, 0.3) is 0 Å². The van der Waals surface area contributed by atoms with Crippen molar-refractivity contribution in [3.63, 3.8) is 0 Å². The van der Waals surface area contributed by atoms with Crippen LogP contribution >= 0.6 is 15.9 Å². The van der Waals surface area contributed by atoms with Crippen LogP contribution in [-0.4, -0.2) is 18.0 Å². The number of rotatable bonds is 6. The molecule has 1 rings (SSSR count). The van der Waals surface area contributed by atoms with Crippen molar-refractivity contribution in [2.24, 2.45) is 0 Å². The maximum Gasteiger partial charge on any atom is 0.242 e. The lowest BCUT2D eigenvalue weighted by atomic mass is 10.1. The van der Waals surface area contributed by atoms with Crippen molar-refractivity contribution in [3.8, 4) is 0 Å². The van der Waals surface area contributed by atoms with Gasteiger partial charge in [0, 0.05) is 12.1 Å². The molecule has 1 amide bonds. The molecule has 0 saturated carbocycles. The fourth-order valence-electron chi connectivity index (χ4n) is 1.75. The summed E-state index contributed by atoms with van der Waals surface area (Å²) in [6, 6.07) is 1.51. The quantitative estimate of drug-likeness (QED) is 0.767. The molecular weight excluding hydrogens is 330 g/mol. The fourth-order valence-corrected chi connectivity index (χ4v) is 2.07. The van der Waals surface area contributed by atoms with E-state index in [2.05, 4.69) is 26.6 Å². The van der Waals surface area contributed by atoms with E-state index in [0.717, 1.165) is 25.0 Å². The second-order valence-electron chi connectivity index (χ2n) is 4.63. The van der Waals surface area contributed by atoms with E-state index >= 15 is 0 Å². The molecule has 0 aliphatic rings. The van der Waals surface area contributed by atoms with E-state index in [-0.39, 0.29) is 22.1 Å². The van der Waals surface area contributed by atoms with Crippen molar-refractivity contribution in [1.29, 1.82) is 0 Å². The molecular formula is C14H19BrF2N2O. The van der Waals surface area contributed by atoms with Gasteiger partial charge in [0.05, 0.1) is 10.2 Å². The van der Waals surface area contributed by atoms with Crippen LogP contribution in [0.25, 0.3) is 0 Å². The van der Waals surface area contributed by atoms with Gasteiger partial charge in [-0.05, 0) is 41.8 Å². The molecule has 1 aromatic rings. The van der Waals surface area contributed by atoms with Crippen molar-refractivity contribution >= 4 is 27.5 Å². The SMILES string of the molecule is CCC(CC)NC(=O)C(C)Nc1cc(F)c(Br)cc1F. The third-order valence-electron chi connectivity index (χ3n) is 3.11. The van der Waals surface area contributed by atoms with E-state index in [0.29, 0.717) is 0 Å².